The molecule has 1 saturated carbocycles. The van der Waals surface area contributed by atoms with E-state index < -0.39 is 12.1 Å². The summed E-state index contributed by atoms with van der Waals surface area (Å²) >= 11 is 0. The van der Waals surface area contributed by atoms with E-state index in [1.165, 1.54) is 0 Å². The van der Waals surface area contributed by atoms with E-state index in [1.807, 2.05) is 0 Å². The van der Waals surface area contributed by atoms with Crippen LogP contribution >= 0.6 is 0 Å². The highest BCUT2D eigenvalue weighted by Crippen LogP contribution is 2.29. The van der Waals surface area contributed by atoms with Crippen LogP contribution in [-0.2, 0) is 11.3 Å². The van der Waals surface area contributed by atoms with E-state index in [4.69, 9.17) is 10.5 Å². The van der Waals surface area contributed by atoms with Crippen LogP contribution in [0, 0.1) is 0 Å². The molecule has 3 N–H and O–H groups in total. The monoisotopic (exact) mass is 268 g/mol. The van der Waals surface area contributed by atoms with E-state index in [0.717, 1.165) is 25.7 Å². The number of carbonyl (C=O) groups is 1. The van der Waals surface area contributed by atoms with Gasteiger partial charge in [0, 0.05) is 6.54 Å². The average molecular weight is 268 g/mol. The average Bonchev–Trinajstić information content (AvgIpc) is 2.83. The van der Waals surface area contributed by atoms with Crippen molar-refractivity contribution in [3.05, 3.63) is 11.4 Å². The molecular weight excluding hydrogens is 248 g/mol. The summed E-state index contributed by atoms with van der Waals surface area (Å²) in [6, 6.07) is -0.150. The third-order valence-corrected chi connectivity index (χ3v) is 3.46. The molecule has 7 nitrogen and oxygen atoms in total. The van der Waals surface area contributed by atoms with Crippen molar-refractivity contribution in [1.82, 2.24) is 15.0 Å². The molecule has 1 aliphatic carbocycles. The van der Waals surface area contributed by atoms with Crippen molar-refractivity contribution in [2.24, 2.45) is 5.73 Å². The normalized spacial score (nSPS) is 23.3. The summed E-state index contributed by atoms with van der Waals surface area (Å²) in [4.78, 5) is 11.7. The van der Waals surface area contributed by atoms with Gasteiger partial charge in [0.25, 0.3) is 0 Å². The first kappa shape index (κ1) is 14.0. The molecule has 0 bridgehead atoms. The lowest BCUT2D eigenvalue weighted by molar-refractivity contribution is 0.0515. The van der Waals surface area contributed by atoms with Gasteiger partial charge in [-0.1, -0.05) is 18.1 Å². The number of esters is 1. The predicted octanol–water partition coefficient (Wildman–Crippen LogP) is 0.389. The number of hydrogen-bond donors (Lipinski definition) is 2. The van der Waals surface area contributed by atoms with Crippen LogP contribution in [0.4, 0.5) is 0 Å². The van der Waals surface area contributed by atoms with Gasteiger partial charge in [-0.3, -0.25) is 0 Å². The zero-order valence-electron chi connectivity index (χ0n) is 11.1. The third-order valence-electron chi connectivity index (χ3n) is 3.46. The molecule has 0 radical (unpaired) electrons. The number of carbonyl (C=O) groups excluding carboxylic acids is 1. The van der Waals surface area contributed by atoms with Gasteiger partial charge >= 0.3 is 5.97 Å². The van der Waals surface area contributed by atoms with Crippen molar-refractivity contribution in [2.45, 2.75) is 51.3 Å². The molecule has 2 atom stereocenters. The summed E-state index contributed by atoms with van der Waals surface area (Å²) < 4.78 is 6.52. The fraction of sp³-hybridized carbons (Fsp3) is 0.750. The van der Waals surface area contributed by atoms with Crippen LogP contribution in [0.1, 0.15) is 54.8 Å². The molecule has 1 aromatic heterocycles. The van der Waals surface area contributed by atoms with Gasteiger partial charge in [0.15, 0.2) is 5.69 Å². The van der Waals surface area contributed by atoms with Crippen LogP contribution in [0.3, 0.4) is 0 Å². The minimum absolute atomic E-state index is 0.143. The second kappa shape index (κ2) is 6.12. The maximum Gasteiger partial charge on any atom is 0.360 e. The van der Waals surface area contributed by atoms with Crippen molar-refractivity contribution in [3.8, 4) is 0 Å². The second-order valence-corrected chi connectivity index (χ2v) is 4.67. The number of nitrogens with zero attached hydrogens (tertiary/aromatic N) is 3. The number of nitrogens with two attached hydrogens (primary N) is 1. The lowest BCUT2D eigenvalue weighted by Crippen LogP contribution is -2.30. The fourth-order valence-corrected chi connectivity index (χ4v) is 2.50. The van der Waals surface area contributed by atoms with Gasteiger partial charge in [-0.25, -0.2) is 9.48 Å². The minimum Gasteiger partial charge on any atom is -0.461 e. The first-order valence-electron chi connectivity index (χ1n) is 6.68. The Labute approximate surface area is 111 Å². The quantitative estimate of drug-likeness (QED) is 0.766. The summed E-state index contributed by atoms with van der Waals surface area (Å²) in [7, 11) is 0. The molecule has 0 aliphatic heterocycles. The van der Waals surface area contributed by atoms with Gasteiger partial charge in [0.05, 0.1) is 24.4 Å². The minimum atomic E-state index is -0.514. The van der Waals surface area contributed by atoms with E-state index in [-0.39, 0.29) is 24.9 Å². The van der Waals surface area contributed by atoms with Crippen LogP contribution in [0.2, 0.25) is 0 Å². The molecular formula is C12H20N4O3. The fourth-order valence-electron chi connectivity index (χ4n) is 2.50. The lowest BCUT2D eigenvalue weighted by Gasteiger charge is -2.28. The van der Waals surface area contributed by atoms with E-state index in [9.17, 15) is 9.90 Å². The van der Waals surface area contributed by atoms with E-state index in [0.29, 0.717) is 5.69 Å². The van der Waals surface area contributed by atoms with Gasteiger partial charge in [0.1, 0.15) is 0 Å². The zero-order valence-corrected chi connectivity index (χ0v) is 11.1. The van der Waals surface area contributed by atoms with Crippen molar-refractivity contribution in [1.29, 1.82) is 0 Å². The van der Waals surface area contributed by atoms with E-state index >= 15 is 0 Å². The van der Waals surface area contributed by atoms with Crippen LogP contribution < -0.4 is 5.73 Å². The number of rotatable bonds is 4. The van der Waals surface area contributed by atoms with Crippen LogP contribution in [-0.4, -0.2) is 38.8 Å². The molecule has 1 aromatic rings. The summed E-state index contributed by atoms with van der Waals surface area (Å²) in [5, 5.41) is 17.9. The highest BCUT2D eigenvalue weighted by atomic mass is 16.5. The second-order valence-electron chi connectivity index (χ2n) is 4.67. The third kappa shape index (κ3) is 2.76. The molecule has 1 fully saturated rings. The molecule has 0 aromatic carbocycles. The maximum atomic E-state index is 11.7. The number of aliphatic hydroxyl groups excluding tert-OH is 1. The van der Waals surface area contributed by atoms with Crippen LogP contribution in [0.5, 0.6) is 0 Å². The van der Waals surface area contributed by atoms with Crippen molar-refractivity contribution < 1.29 is 14.6 Å². The molecule has 1 heterocycles. The lowest BCUT2D eigenvalue weighted by atomic mass is 9.92. The number of aliphatic hydroxyl groups is 1. The molecule has 0 saturated heterocycles. The number of ether oxygens (including phenoxy) is 1. The van der Waals surface area contributed by atoms with Crippen molar-refractivity contribution in [2.75, 3.05) is 6.61 Å². The molecule has 2 unspecified atom stereocenters. The standard InChI is InChI=1S/C12H20N4O3/c1-2-19-12(18)11-9(7-13)16(15-14-11)8-5-3-4-6-10(8)17/h8,10,17H,2-7,13H2,1H3. The molecule has 1 aliphatic rings. The van der Waals surface area contributed by atoms with E-state index in [1.54, 1.807) is 11.6 Å². The molecule has 7 heteroatoms. The highest BCUT2D eigenvalue weighted by molar-refractivity contribution is 5.88. The maximum absolute atomic E-state index is 11.7. The Morgan fingerprint density at radius 2 is 2.26 bits per heavy atom. The van der Waals surface area contributed by atoms with Gasteiger partial charge in [-0.2, -0.15) is 0 Å². The zero-order chi connectivity index (χ0) is 13.8. The van der Waals surface area contributed by atoms with Gasteiger partial charge in [-0.05, 0) is 19.8 Å². The van der Waals surface area contributed by atoms with Crippen LogP contribution in [0.15, 0.2) is 0 Å². The van der Waals surface area contributed by atoms with Crippen molar-refractivity contribution >= 4 is 5.97 Å². The van der Waals surface area contributed by atoms with Gasteiger partial charge < -0.3 is 15.6 Å². The largest absolute Gasteiger partial charge is 0.461 e. The Balaban J connectivity index is 2.28. The Kier molecular flexibility index (Phi) is 4.49. The predicted molar refractivity (Wildman–Crippen MR) is 67.4 cm³/mol. The topological polar surface area (TPSA) is 103 Å². The summed E-state index contributed by atoms with van der Waals surface area (Å²) in [5.41, 5.74) is 6.38. The summed E-state index contributed by atoms with van der Waals surface area (Å²) in [6.45, 7) is 2.15. The molecule has 0 amide bonds. The van der Waals surface area contributed by atoms with E-state index in [2.05, 4.69) is 10.3 Å². The SMILES string of the molecule is CCOC(=O)c1nnn(C2CCCCC2O)c1CN. The Bertz CT molecular complexity index is 446. The van der Waals surface area contributed by atoms with Gasteiger partial charge in [-0.15, -0.1) is 5.10 Å². The molecule has 106 valence electrons. The smallest absolute Gasteiger partial charge is 0.360 e. The Morgan fingerprint density at radius 3 is 2.89 bits per heavy atom. The van der Waals surface area contributed by atoms with Crippen LogP contribution in [0.25, 0.3) is 0 Å². The Hall–Kier alpha value is -1.47. The van der Waals surface area contributed by atoms with Crippen molar-refractivity contribution in [3.63, 3.8) is 0 Å². The van der Waals surface area contributed by atoms with Gasteiger partial charge in [0.2, 0.25) is 0 Å². The highest BCUT2D eigenvalue weighted by Gasteiger charge is 2.30. The summed E-state index contributed by atoms with van der Waals surface area (Å²) in [5.74, 6) is -0.514. The molecule has 2 rings (SSSR count). The Morgan fingerprint density at radius 1 is 1.53 bits per heavy atom. The number of aromatic nitrogens is 3. The number of hydrogen-bond acceptors (Lipinski definition) is 6. The molecule has 0 spiro atoms. The first-order valence-corrected chi connectivity index (χ1v) is 6.68. The first-order chi connectivity index (χ1) is 9.19. The summed E-state index contributed by atoms with van der Waals surface area (Å²) in [6.07, 6.45) is 3.13. The molecule has 19 heavy (non-hydrogen) atoms.